The molecule has 7 nitrogen and oxygen atoms in total. The zero-order valence-electron chi connectivity index (χ0n) is 15.0. The first-order chi connectivity index (χ1) is 11.9. The Balaban J connectivity index is 1.55. The number of likely N-dealkylation sites (tertiary alicyclic amines) is 1. The van der Waals surface area contributed by atoms with Crippen molar-refractivity contribution in [2.45, 2.75) is 46.6 Å². The molecule has 0 aromatic carbocycles. The van der Waals surface area contributed by atoms with E-state index >= 15 is 0 Å². The monoisotopic (exact) mass is 344 g/mol. The van der Waals surface area contributed by atoms with E-state index in [1.165, 1.54) is 0 Å². The van der Waals surface area contributed by atoms with Crippen molar-refractivity contribution in [2.75, 3.05) is 13.1 Å². The topological polar surface area (TPSA) is 81.2 Å². The fraction of sp³-hybridized carbons (Fsp3) is 0.556. The maximum Gasteiger partial charge on any atom is 0.266 e. The summed E-state index contributed by atoms with van der Waals surface area (Å²) in [5.41, 5.74) is 2.45. The summed E-state index contributed by atoms with van der Waals surface area (Å²) < 4.78 is 6.67. The second-order valence-electron chi connectivity index (χ2n) is 6.80. The number of aromatic nitrogens is 3. The molecular weight excluding hydrogens is 320 g/mol. The normalized spacial score (nSPS) is 15.6. The Hall–Kier alpha value is -2.44. The molecule has 3 heterocycles. The van der Waals surface area contributed by atoms with Gasteiger partial charge in [0.05, 0.1) is 17.8 Å². The molecule has 1 saturated heterocycles. The first kappa shape index (κ1) is 17.4. The molecular formula is C18H24N4O3. The second kappa shape index (κ2) is 7.21. The van der Waals surface area contributed by atoms with E-state index in [-0.39, 0.29) is 11.5 Å². The fourth-order valence-electron chi connectivity index (χ4n) is 3.31. The van der Waals surface area contributed by atoms with Crippen LogP contribution in [0.1, 0.15) is 35.6 Å². The Morgan fingerprint density at radius 3 is 2.60 bits per heavy atom. The molecule has 0 unspecified atom stereocenters. The standard InChI is InChI=1S/C18H24N4O3/c1-12-4-5-17(23)22(19-12)11-15-6-8-21(9-7-15)18(24)10-16-13(2)20-25-14(16)3/h4-5,15H,6-11H2,1-3H3. The Morgan fingerprint density at radius 1 is 1.24 bits per heavy atom. The van der Waals surface area contributed by atoms with E-state index in [9.17, 15) is 9.59 Å². The van der Waals surface area contributed by atoms with Crippen LogP contribution in [0.3, 0.4) is 0 Å². The summed E-state index contributed by atoms with van der Waals surface area (Å²) >= 11 is 0. The molecule has 1 aliphatic rings. The minimum absolute atomic E-state index is 0.0671. The fourth-order valence-corrected chi connectivity index (χ4v) is 3.31. The van der Waals surface area contributed by atoms with Gasteiger partial charge in [0.15, 0.2) is 0 Å². The third kappa shape index (κ3) is 3.97. The minimum Gasteiger partial charge on any atom is -0.361 e. The first-order valence-electron chi connectivity index (χ1n) is 8.68. The van der Waals surface area contributed by atoms with E-state index in [2.05, 4.69) is 10.3 Å². The average Bonchev–Trinajstić information content (AvgIpc) is 2.91. The number of aryl methyl sites for hydroxylation is 3. The van der Waals surface area contributed by atoms with Crippen LogP contribution in [-0.4, -0.2) is 38.8 Å². The molecule has 0 N–H and O–H groups in total. The molecule has 7 heteroatoms. The third-order valence-corrected chi connectivity index (χ3v) is 4.91. The van der Waals surface area contributed by atoms with Crippen molar-refractivity contribution in [1.29, 1.82) is 0 Å². The molecule has 1 aliphatic heterocycles. The average molecular weight is 344 g/mol. The Morgan fingerprint density at radius 2 is 1.96 bits per heavy atom. The molecule has 0 saturated carbocycles. The second-order valence-corrected chi connectivity index (χ2v) is 6.80. The molecule has 2 aromatic rings. The van der Waals surface area contributed by atoms with Gasteiger partial charge in [-0.2, -0.15) is 5.10 Å². The molecule has 134 valence electrons. The van der Waals surface area contributed by atoms with Gasteiger partial charge in [-0.25, -0.2) is 4.68 Å². The highest BCUT2D eigenvalue weighted by atomic mass is 16.5. The minimum atomic E-state index is -0.0671. The largest absolute Gasteiger partial charge is 0.361 e. The number of rotatable bonds is 4. The third-order valence-electron chi connectivity index (χ3n) is 4.91. The Labute approximate surface area is 146 Å². The number of piperidine rings is 1. The van der Waals surface area contributed by atoms with Crippen molar-refractivity contribution in [3.63, 3.8) is 0 Å². The summed E-state index contributed by atoms with van der Waals surface area (Å²) in [5, 5.41) is 8.20. The molecule has 1 fully saturated rings. The lowest BCUT2D eigenvalue weighted by Crippen LogP contribution is -2.41. The molecule has 0 bridgehead atoms. The molecule has 0 spiro atoms. The number of amides is 1. The Bertz CT molecular complexity index is 796. The van der Waals surface area contributed by atoms with Crippen molar-refractivity contribution in [3.8, 4) is 0 Å². The summed E-state index contributed by atoms with van der Waals surface area (Å²) in [5.74, 6) is 1.19. The summed E-state index contributed by atoms with van der Waals surface area (Å²) in [6, 6.07) is 3.29. The van der Waals surface area contributed by atoms with E-state index in [4.69, 9.17) is 4.52 Å². The number of hydrogen-bond acceptors (Lipinski definition) is 5. The van der Waals surface area contributed by atoms with Crippen LogP contribution in [0.25, 0.3) is 0 Å². The maximum atomic E-state index is 12.5. The molecule has 0 radical (unpaired) electrons. The van der Waals surface area contributed by atoms with Gasteiger partial charge in [0, 0.05) is 31.3 Å². The van der Waals surface area contributed by atoms with Gasteiger partial charge in [0.25, 0.3) is 5.56 Å². The SMILES string of the molecule is Cc1ccc(=O)n(CC2CCN(C(=O)Cc3c(C)noc3C)CC2)n1. The summed E-state index contributed by atoms with van der Waals surface area (Å²) in [6.07, 6.45) is 2.11. The summed E-state index contributed by atoms with van der Waals surface area (Å²) in [4.78, 5) is 26.3. The molecule has 0 atom stereocenters. The van der Waals surface area contributed by atoms with Gasteiger partial charge >= 0.3 is 0 Å². The van der Waals surface area contributed by atoms with Crippen molar-refractivity contribution >= 4 is 5.91 Å². The van der Waals surface area contributed by atoms with Crippen LogP contribution in [0.2, 0.25) is 0 Å². The van der Waals surface area contributed by atoms with Crippen molar-refractivity contribution in [1.82, 2.24) is 19.8 Å². The van der Waals surface area contributed by atoms with E-state index in [0.29, 0.717) is 37.7 Å². The van der Waals surface area contributed by atoms with Gasteiger partial charge in [-0.1, -0.05) is 5.16 Å². The molecule has 1 amide bonds. The molecule has 25 heavy (non-hydrogen) atoms. The van der Waals surface area contributed by atoms with Gasteiger partial charge in [0.1, 0.15) is 5.76 Å². The van der Waals surface area contributed by atoms with Crippen LogP contribution in [0.4, 0.5) is 0 Å². The van der Waals surface area contributed by atoms with Crippen LogP contribution in [0.15, 0.2) is 21.5 Å². The zero-order valence-corrected chi connectivity index (χ0v) is 15.0. The van der Waals surface area contributed by atoms with Crippen LogP contribution >= 0.6 is 0 Å². The van der Waals surface area contributed by atoms with Gasteiger partial charge in [-0.05, 0) is 45.6 Å². The zero-order chi connectivity index (χ0) is 18.0. The highest BCUT2D eigenvalue weighted by Crippen LogP contribution is 2.20. The number of hydrogen-bond donors (Lipinski definition) is 0. The van der Waals surface area contributed by atoms with E-state index < -0.39 is 0 Å². The van der Waals surface area contributed by atoms with Gasteiger partial charge < -0.3 is 9.42 Å². The highest BCUT2D eigenvalue weighted by Gasteiger charge is 2.25. The molecule has 0 aliphatic carbocycles. The van der Waals surface area contributed by atoms with Crippen LogP contribution in [-0.2, 0) is 17.8 Å². The van der Waals surface area contributed by atoms with Crippen LogP contribution in [0, 0.1) is 26.7 Å². The van der Waals surface area contributed by atoms with Crippen LogP contribution < -0.4 is 5.56 Å². The maximum absolute atomic E-state index is 12.5. The quantitative estimate of drug-likeness (QED) is 0.842. The smallest absolute Gasteiger partial charge is 0.266 e. The van der Waals surface area contributed by atoms with E-state index in [1.54, 1.807) is 16.8 Å². The summed E-state index contributed by atoms with van der Waals surface area (Å²) in [7, 11) is 0. The van der Waals surface area contributed by atoms with Crippen molar-refractivity contribution in [3.05, 3.63) is 45.2 Å². The predicted octanol–water partition coefficient (Wildman–Crippen LogP) is 1.64. The summed E-state index contributed by atoms with van der Waals surface area (Å²) in [6.45, 7) is 7.62. The first-order valence-corrected chi connectivity index (χ1v) is 8.68. The van der Waals surface area contributed by atoms with E-state index in [0.717, 1.165) is 29.8 Å². The lowest BCUT2D eigenvalue weighted by molar-refractivity contribution is -0.131. The van der Waals surface area contributed by atoms with E-state index in [1.807, 2.05) is 25.7 Å². The van der Waals surface area contributed by atoms with Gasteiger partial charge in [-0.3, -0.25) is 9.59 Å². The van der Waals surface area contributed by atoms with Crippen molar-refractivity contribution in [2.24, 2.45) is 5.92 Å². The lowest BCUT2D eigenvalue weighted by Gasteiger charge is -2.32. The molecule has 2 aromatic heterocycles. The number of nitrogens with zero attached hydrogens (tertiary/aromatic N) is 4. The van der Waals surface area contributed by atoms with Gasteiger partial charge in [-0.15, -0.1) is 0 Å². The van der Waals surface area contributed by atoms with Gasteiger partial charge in [0.2, 0.25) is 5.91 Å². The number of carbonyl (C=O) groups excluding carboxylic acids is 1. The number of carbonyl (C=O) groups is 1. The molecule has 3 rings (SSSR count). The predicted molar refractivity (Wildman–Crippen MR) is 92.2 cm³/mol. The lowest BCUT2D eigenvalue weighted by atomic mass is 9.96. The Kier molecular flexibility index (Phi) is 5.01. The highest BCUT2D eigenvalue weighted by molar-refractivity contribution is 5.79. The van der Waals surface area contributed by atoms with Crippen LogP contribution in [0.5, 0.6) is 0 Å². The van der Waals surface area contributed by atoms with Crippen molar-refractivity contribution < 1.29 is 9.32 Å².